The zero-order valence-electron chi connectivity index (χ0n) is 17.0. The van der Waals surface area contributed by atoms with Gasteiger partial charge in [-0.15, -0.1) is 0 Å². The summed E-state index contributed by atoms with van der Waals surface area (Å²) in [5.74, 6) is -0.931. The minimum absolute atomic E-state index is 0.335. The van der Waals surface area contributed by atoms with Gasteiger partial charge in [-0.05, 0) is 49.7 Å². The molecule has 150 valence electrons. The van der Waals surface area contributed by atoms with Gasteiger partial charge < -0.3 is 15.0 Å². The smallest absolute Gasteiger partial charge is 0.338 e. The quantitative estimate of drug-likeness (QED) is 0.650. The molecule has 0 fully saturated rings. The van der Waals surface area contributed by atoms with E-state index in [0.717, 1.165) is 22.6 Å². The van der Waals surface area contributed by atoms with E-state index >= 15 is 0 Å². The molecule has 1 heterocycles. The van der Waals surface area contributed by atoms with Crippen molar-refractivity contribution in [3.8, 4) is 0 Å². The average molecular weight is 392 g/mol. The van der Waals surface area contributed by atoms with Gasteiger partial charge in [0.1, 0.15) is 0 Å². The summed E-state index contributed by atoms with van der Waals surface area (Å²) in [6.45, 7) is 3.78. The summed E-state index contributed by atoms with van der Waals surface area (Å²) in [4.78, 5) is 35.1. The molecular weight excluding hydrogens is 368 g/mol. The molecule has 2 aromatic carbocycles. The summed E-state index contributed by atoms with van der Waals surface area (Å²) < 4.78 is 5.13. The Morgan fingerprint density at radius 1 is 0.966 bits per heavy atom. The Balaban J connectivity index is 1.53. The molecule has 29 heavy (non-hydrogen) atoms. The Bertz CT molecular complexity index is 1050. The summed E-state index contributed by atoms with van der Waals surface area (Å²) in [7, 11) is 3.94. The molecule has 1 N–H and O–H groups in total. The Hall–Kier alpha value is -3.48. The monoisotopic (exact) mass is 392 g/mol. The fourth-order valence-electron chi connectivity index (χ4n) is 2.74. The Kier molecular flexibility index (Phi) is 6.07. The number of carbonyl (C=O) groups excluding carboxylic acids is 2. The second kappa shape index (κ2) is 8.68. The van der Waals surface area contributed by atoms with Crippen LogP contribution in [0.1, 0.15) is 27.3 Å². The summed E-state index contributed by atoms with van der Waals surface area (Å²) in [5, 5.41) is 2.75. The lowest BCUT2D eigenvalue weighted by molar-refractivity contribution is -0.124. The van der Waals surface area contributed by atoms with E-state index < -0.39 is 5.97 Å². The van der Waals surface area contributed by atoms with Gasteiger partial charge in [-0.25, -0.2) is 14.8 Å². The third-order valence-corrected chi connectivity index (χ3v) is 4.59. The van der Waals surface area contributed by atoms with Crippen molar-refractivity contribution in [2.24, 2.45) is 0 Å². The van der Waals surface area contributed by atoms with E-state index in [1.54, 1.807) is 18.2 Å². The largest absolute Gasteiger partial charge is 0.452 e. The van der Waals surface area contributed by atoms with E-state index in [1.165, 1.54) is 0 Å². The first-order chi connectivity index (χ1) is 13.8. The van der Waals surface area contributed by atoms with Gasteiger partial charge in [0.25, 0.3) is 5.91 Å². The Labute approximate surface area is 169 Å². The van der Waals surface area contributed by atoms with Crippen LogP contribution in [0.15, 0.2) is 42.5 Å². The first-order valence-corrected chi connectivity index (χ1v) is 9.28. The minimum Gasteiger partial charge on any atom is -0.452 e. The van der Waals surface area contributed by atoms with Crippen LogP contribution in [0.5, 0.6) is 0 Å². The maximum atomic E-state index is 12.3. The number of esters is 1. The third-order valence-electron chi connectivity index (χ3n) is 4.59. The third kappa shape index (κ3) is 5.07. The van der Waals surface area contributed by atoms with Crippen LogP contribution in [0.3, 0.4) is 0 Å². The molecule has 0 spiro atoms. The van der Waals surface area contributed by atoms with E-state index in [-0.39, 0.29) is 12.5 Å². The van der Waals surface area contributed by atoms with Crippen molar-refractivity contribution in [3.05, 3.63) is 65.0 Å². The topological polar surface area (TPSA) is 84.4 Å². The van der Waals surface area contributed by atoms with Gasteiger partial charge in [0.05, 0.1) is 28.0 Å². The summed E-state index contributed by atoms with van der Waals surface area (Å²) in [5.41, 5.74) is 5.37. The lowest BCUT2D eigenvalue weighted by Gasteiger charge is -2.13. The molecule has 0 saturated carbocycles. The molecule has 1 amide bonds. The van der Waals surface area contributed by atoms with Crippen LogP contribution < -0.4 is 10.2 Å². The predicted octanol–water partition coefficient (Wildman–Crippen LogP) is 2.79. The molecule has 0 radical (unpaired) electrons. The van der Waals surface area contributed by atoms with Gasteiger partial charge in [0, 0.05) is 26.3 Å². The standard InChI is InChI=1S/C22H24N4O3/c1-14-15(2)25-20-11-17(7-10-19(20)24-14)22(28)29-13-21(27)23-12-16-5-8-18(9-6-16)26(3)4/h5-11H,12-13H2,1-4H3,(H,23,27). The van der Waals surface area contributed by atoms with E-state index in [2.05, 4.69) is 15.3 Å². The highest BCUT2D eigenvalue weighted by molar-refractivity contribution is 5.94. The molecule has 0 atom stereocenters. The zero-order valence-corrected chi connectivity index (χ0v) is 17.0. The van der Waals surface area contributed by atoms with Crippen molar-refractivity contribution in [1.29, 1.82) is 0 Å². The molecule has 0 bridgehead atoms. The molecular formula is C22H24N4O3. The molecule has 7 heteroatoms. The number of hydrogen-bond donors (Lipinski definition) is 1. The number of fused-ring (bicyclic) bond motifs is 1. The SMILES string of the molecule is Cc1nc2ccc(C(=O)OCC(=O)NCc3ccc(N(C)C)cc3)cc2nc1C. The van der Waals surface area contributed by atoms with Crippen molar-refractivity contribution in [2.75, 3.05) is 25.6 Å². The first-order valence-electron chi connectivity index (χ1n) is 9.28. The van der Waals surface area contributed by atoms with Crippen LogP contribution in [0.4, 0.5) is 5.69 Å². The highest BCUT2D eigenvalue weighted by Gasteiger charge is 2.12. The highest BCUT2D eigenvalue weighted by Crippen LogP contribution is 2.15. The summed E-state index contributed by atoms with van der Waals surface area (Å²) in [6, 6.07) is 12.8. The molecule has 3 rings (SSSR count). The van der Waals surface area contributed by atoms with Gasteiger partial charge in [-0.3, -0.25) is 4.79 Å². The number of amides is 1. The molecule has 0 aliphatic heterocycles. The van der Waals surface area contributed by atoms with Crippen molar-refractivity contribution in [1.82, 2.24) is 15.3 Å². The molecule has 0 saturated heterocycles. The van der Waals surface area contributed by atoms with Crippen molar-refractivity contribution >= 4 is 28.6 Å². The van der Waals surface area contributed by atoms with Gasteiger partial charge in [0.15, 0.2) is 6.61 Å². The molecule has 0 aliphatic rings. The van der Waals surface area contributed by atoms with Crippen LogP contribution >= 0.6 is 0 Å². The van der Waals surface area contributed by atoms with Crippen LogP contribution in [-0.2, 0) is 16.1 Å². The van der Waals surface area contributed by atoms with E-state index in [1.807, 2.05) is 57.1 Å². The van der Waals surface area contributed by atoms with Gasteiger partial charge in [0.2, 0.25) is 0 Å². The normalized spacial score (nSPS) is 10.6. The minimum atomic E-state index is -0.572. The number of ether oxygens (including phenoxy) is 1. The van der Waals surface area contributed by atoms with Crippen LogP contribution in [0.2, 0.25) is 0 Å². The summed E-state index contributed by atoms with van der Waals surface area (Å²) >= 11 is 0. The average Bonchev–Trinajstić information content (AvgIpc) is 2.71. The van der Waals surface area contributed by atoms with E-state index in [4.69, 9.17) is 4.74 Å². The second-order valence-corrected chi connectivity index (χ2v) is 7.01. The Morgan fingerprint density at radius 2 is 1.62 bits per heavy atom. The molecule has 1 aromatic heterocycles. The van der Waals surface area contributed by atoms with Gasteiger partial charge in [-0.2, -0.15) is 0 Å². The number of aromatic nitrogens is 2. The van der Waals surface area contributed by atoms with Gasteiger partial charge >= 0.3 is 5.97 Å². The number of benzene rings is 2. The maximum Gasteiger partial charge on any atom is 0.338 e. The maximum absolute atomic E-state index is 12.3. The van der Waals surface area contributed by atoms with Crippen molar-refractivity contribution in [2.45, 2.75) is 20.4 Å². The number of rotatable bonds is 6. The fourth-order valence-corrected chi connectivity index (χ4v) is 2.74. The predicted molar refractivity (Wildman–Crippen MR) is 112 cm³/mol. The van der Waals surface area contributed by atoms with Crippen molar-refractivity contribution in [3.63, 3.8) is 0 Å². The lowest BCUT2D eigenvalue weighted by atomic mass is 10.2. The summed E-state index contributed by atoms with van der Waals surface area (Å²) in [6.07, 6.45) is 0. The van der Waals surface area contributed by atoms with E-state index in [9.17, 15) is 9.59 Å². The number of anilines is 1. The number of carbonyl (C=O) groups is 2. The molecule has 7 nitrogen and oxygen atoms in total. The van der Waals surface area contributed by atoms with Crippen molar-refractivity contribution < 1.29 is 14.3 Å². The van der Waals surface area contributed by atoms with Crippen LogP contribution in [0, 0.1) is 13.8 Å². The highest BCUT2D eigenvalue weighted by atomic mass is 16.5. The van der Waals surface area contributed by atoms with Crippen LogP contribution in [-0.4, -0.2) is 42.5 Å². The number of hydrogen-bond acceptors (Lipinski definition) is 6. The zero-order chi connectivity index (χ0) is 21.0. The van der Waals surface area contributed by atoms with Gasteiger partial charge in [-0.1, -0.05) is 12.1 Å². The van der Waals surface area contributed by atoms with Crippen LogP contribution in [0.25, 0.3) is 11.0 Å². The second-order valence-electron chi connectivity index (χ2n) is 7.01. The number of nitrogens with one attached hydrogen (secondary N) is 1. The first kappa shape index (κ1) is 20.3. The lowest BCUT2D eigenvalue weighted by Crippen LogP contribution is -2.28. The Morgan fingerprint density at radius 3 is 2.28 bits per heavy atom. The fraction of sp³-hybridized carbons (Fsp3) is 0.273. The molecule has 3 aromatic rings. The molecule has 0 aliphatic carbocycles. The van der Waals surface area contributed by atoms with E-state index in [0.29, 0.717) is 23.1 Å². The number of nitrogens with zero attached hydrogens (tertiary/aromatic N) is 3. The molecule has 0 unspecified atom stereocenters. The number of aryl methyl sites for hydroxylation is 2.